The van der Waals surface area contributed by atoms with Gasteiger partial charge in [0.15, 0.2) is 11.6 Å². The molecule has 3 unspecified atom stereocenters. The van der Waals surface area contributed by atoms with Gasteiger partial charge in [0.2, 0.25) is 0 Å². The van der Waals surface area contributed by atoms with Gasteiger partial charge in [-0.3, -0.25) is 0 Å². The third kappa shape index (κ3) is 2.56. The first-order valence-electron chi connectivity index (χ1n) is 5.53. The number of aliphatic hydroxyl groups excluding tert-OH is 1. The highest BCUT2D eigenvalue weighted by Gasteiger charge is 2.43. The van der Waals surface area contributed by atoms with E-state index in [0.717, 1.165) is 12.1 Å². The van der Waals surface area contributed by atoms with Gasteiger partial charge < -0.3 is 14.6 Å². The number of rotatable bonds is 4. The lowest BCUT2D eigenvalue weighted by molar-refractivity contribution is -0.161. The van der Waals surface area contributed by atoms with Gasteiger partial charge in [0.1, 0.15) is 18.0 Å². The van der Waals surface area contributed by atoms with Crippen LogP contribution in [0.25, 0.3) is 0 Å². The van der Waals surface area contributed by atoms with Crippen molar-refractivity contribution < 1.29 is 23.4 Å². The van der Waals surface area contributed by atoms with Crippen LogP contribution in [0.1, 0.15) is 13.3 Å². The highest BCUT2D eigenvalue weighted by molar-refractivity contribution is 5.25. The minimum Gasteiger partial charge on any atom is -0.484 e. The van der Waals surface area contributed by atoms with Gasteiger partial charge in [-0.15, -0.1) is 0 Å². The lowest BCUT2D eigenvalue weighted by Gasteiger charge is -2.40. The van der Waals surface area contributed by atoms with E-state index < -0.39 is 23.8 Å². The highest BCUT2D eigenvalue weighted by atomic mass is 19.1. The molecule has 1 fully saturated rings. The van der Waals surface area contributed by atoms with Crippen molar-refractivity contribution in [3.8, 4) is 5.75 Å². The van der Waals surface area contributed by atoms with Crippen LogP contribution in [0.2, 0.25) is 0 Å². The zero-order valence-corrected chi connectivity index (χ0v) is 9.40. The van der Waals surface area contributed by atoms with Crippen molar-refractivity contribution in [3.63, 3.8) is 0 Å². The van der Waals surface area contributed by atoms with Crippen molar-refractivity contribution >= 4 is 0 Å². The van der Waals surface area contributed by atoms with Crippen molar-refractivity contribution in [1.29, 1.82) is 0 Å². The van der Waals surface area contributed by atoms with E-state index in [2.05, 4.69) is 0 Å². The Balaban J connectivity index is 2.01. The molecule has 1 N–H and O–H groups in total. The molecule has 0 bridgehead atoms. The van der Waals surface area contributed by atoms with Gasteiger partial charge in [-0.2, -0.15) is 0 Å². The number of hydrogen-bond acceptors (Lipinski definition) is 3. The van der Waals surface area contributed by atoms with Gasteiger partial charge in [0.25, 0.3) is 0 Å². The van der Waals surface area contributed by atoms with Crippen LogP contribution in [-0.2, 0) is 4.74 Å². The molecule has 94 valence electrons. The second-order valence-corrected chi connectivity index (χ2v) is 3.95. The van der Waals surface area contributed by atoms with Crippen LogP contribution < -0.4 is 4.74 Å². The molecular formula is C12H14F2O3. The molecule has 0 aliphatic heterocycles. The Kier molecular flexibility index (Phi) is 3.59. The largest absolute Gasteiger partial charge is 0.484 e. The second-order valence-electron chi connectivity index (χ2n) is 3.95. The van der Waals surface area contributed by atoms with Gasteiger partial charge in [0, 0.05) is 19.1 Å². The molecule has 0 aromatic heterocycles. The van der Waals surface area contributed by atoms with E-state index in [1.807, 2.05) is 0 Å². The van der Waals surface area contributed by atoms with Crippen LogP contribution in [0.3, 0.4) is 0 Å². The van der Waals surface area contributed by atoms with Gasteiger partial charge >= 0.3 is 0 Å². The van der Waals surface area contributed by atoms with E-state index in [1.165, 1.54) is 6.07 Å². The Labute approximate surface area is 98.0 Å². The Bertz CT molecular complexity index is 397. The summed E-state index contributed by atoms with van der Waals surface area (Å²) in [6, 6.07) is 3.13. The Morgan fingerprint density at radius 3 is 2.76 bits per heavy atom. The molecule has 1 aliphatic rings. The summed E-state index contributed by atoms with van der Waals surface area (Å²) in [4.78, 5) is 0. The van der Waals surface area contributed by atoms with E-state index in [1.54, 1.807) is 6.92 Å². The van der Waals surface area contributed by atoms with Crippen molar-refractivity contribution in [1.82, 2.24) is 0 Å². The minimum absolute atomic E-state index is 0.0204. The number of halogens is 2. The van der Waals surface area contributed by atoms with Crippen LogP contribution in [0.4, 0.5) is 8.78 Å². The zero-order valence-electron chi connectivity index (χ0n) is 9.40. The van der Waals surface area contributed by atoms with E-state index in [-0.39, 0.29) is 11.9 Å². The molecule has 0 saturated heterocycles. The third-order valence-electron chi connectivity index (χ3n) is 2.75. The number of ether oxygens (including phenoxy) is 2. The van der Waals surface area contributed by atoms with Gasteiger partial charge in [-0.05, 0) is 19.1 Å². The summed E-state index contributed by atoms with van der Waals surface area (Å²) >= 11 is 0. The Morgan fingerprint density at radius 2 is 2.18 bits per heavy atom. The predicted molar refractivity (Wildman–Crippen MR) is 56.8 cm³/mol. The molecule has 1 saturated carbocycles. The summed E-state index contributed by atoms with van der Waals surface area (Å²) in [5.41, 5.74) is 0. The fourth-order valence-electron chi connectivity index (χ4n) is 1.82. The fraction of sp³-hybridized carbons (Fsp3) is 0.500. The number of hydrogen-bond donors (Lipinski definition) is 1. The molecule has 3 nitrogen and oxygen atoms in total. The molecule has 2 rings (SSSR count). The van der Waals surface area contributed by atoms with E-state index in [9.17, 15) is 13.9 Å². The van der Waals surface area contributed by atoms with Crippen LogP contribution in [-0.4, -0.2) is 30.0 Å². The van der Waals surface area contributed by atoms with Gasteiger partial charge in [-0.25, -0.2) is 8.78 Å². The maximum atomic E-state index is 13.3. The summed E-state index contributed by atoms with van der Waals surface area (Å²) in [5.74, 6) is -1.42. The SMILES string of the molecule is CCOC1C(O)CC1Oc1ccc(F)cc1F. The normalized spacial score (nSPS) is 27.6. The first-order valence-corrected chi connectivity index (χ1v) is 5.53. The quantitative estimate of drug-likeness (QED) is 0.879. The summed E-state index contributed by atoms with van der Waals surface area (Å²) in [6.07, 6.45) is -1.01. The maximum absolute atomic E-state index is 13.3. The molecule has 1 aromatic rings. The van der Waals surface area contributed by atoms with Crippen LogP contribution in [0.15, 0.2) is 18.2 Å². The first kappa shape index (κ1) is 12.3. The average Bonchev–Trinajstić information content (AvgIpc) is 2.28. The molecule has 0 amide bonds. The van der Waals surface area contributed by atoms with Crippen molar-refractivity contribution in [2.24, 2.45) is 0 Å². The molecule has 1 aliphatic carbocycles. The van der Waals surface area contributed by atoms with Crippen molar-refractivity contribution in [2.75, 3.05) is 6.61 Å². The first-order chi connectivity index (χ1) is 8.11. The van der Waals surface area contributed by atoms with E-state index >= 15 is 0 Å². The Morgan fingerprint density at radius 1 is 1.41 bits per heavy atom. The summed E-state index contributed by atoms with van der Waals surface area (Å²) in [7, 11) is 0. The van der Waals surface area contributed by atoms with Crippen LogP contribution >= 0.6 is 0 Å². The highest BCUT2D eigenvalue weighted by Crippen LogP contribution is 2.30. The van der Waals surface area contributed by atoms with Crippen molar-refractivity contribution in [3.05, 3.63) is 29.8 Å². The van der Waals surface area contributed by atoms with E-state index in [4.69, 9.17) is 9.47 Å². The molecule has 5 heteroatoms. The Hall–Kier alpha value is -1.20. The molecule has 3 atom stereocenters. The maximum Gasteiger partial charge on any atom is 0.167 e. The summed E-state index contributed by atoms with van der Waals surface area (Å²) in [6.45, 7) is 2.26. The topological polar surface area (TPSA) is 38.7 Å². The van der Waals surface area contributed by atoms with Gasteiger partial charge in [-0.1, -0.05) is 0 Å². The zero-order chi connectivity index (χ0) is 12.4. The molecule has 0 heterocycles. The number of aliphatic hydroxyl groups is 1. The van der Waals surface area contributed by atoms with E-state index in [0.29, 0.717) is 13.0 Å². The molecule has 17 heavy (non-hydrogen) atoms. The average molecular weight is 244 g/mol. The minimum atomic E-state index is -0.748. The van der Waals surface area contributed by atoms with Crippen LogP contribution in [0, 0.1) is 11.6 Å². The summed E-state index contributed by atoms with van der Waals surface area (Å²) in [5, 5.41) is 9.44. The smallest absolute Gasteiger partial charge is 0.167 e. The molecule has 0 spiro atoms. The molecule has 0 radical (unpaired) electrons. The monoisotopic (exact) mass is 244 g/mol. The van der Waals surface area contributed by atoms with Crippen molar-refractivity contribution in [2.45, 2.75) is 31.7 Å². The lowest BCUT2D eigenvalue weighted by Crippen LogP contribution is -2.55. The van der Waals surface area contributed by atoms with Gasteiger partial charge in [0.05, 0.1) is 6.10 Å². The standard InChI is InChI=1S/C12H14F2O3/c1-2-16-12-9(15)6-11(12)17-10-4-3-7(13)5-8(10)14/h3-5,9,11-12,15H,2,6H2,1H3. The number of benzene rings is 1. The molecule has 1 aromatic carbocycles. The fourth-order valence-corrected chi connectivity index (χ4v) is 1.82. The summed E-state index contributed by atoms with van der Waals surface area (Å²) < 4.78 is 36.6. The van der Waals surface area contributed by atoms with Crippen LogP contribution in [0.5, 0.6) is 5.75 Å². The third-order valence-corrected chi connectivity index (χ3v) is 2.75. The predicted octanol–water partition coefficient (Wildman–Crippen LogP) is 1.88. The molecular weight excluding hydrogens is 230 g/mol. The lowest BCUT2D eigenvalue weighted by atomic mass is 9.88. The second kappa shape index (κ2) is 4.98.